The third-order valence-corrected chi connectivity index (χ3v) is 4.49. The zero-order chi connectivity index (χ0) is 16.4. The Balaban J connectivity index is 0.00000121. The predicted molar refractivity (Wildman–Crippen MR) is 110 cm³/mol. The largest absolute Gasteiger partial charge is 0.325 e. The molecule has 1 fully saturated rings. The Kier molecular flexibility index (Phi) is 7.03. The van der Waals surface area contributed by atoms with Gasteiger partial charge in [-0.05, 0) is 55.8 Å². The molecular formula is C19H22Cl2N4O. The van der Waals surface area contributed by atoms with Gasteiger partial charge in [0.1, 0.15) is 6.33 Å². The number of anilines is 1. The first-order chi connectivity index (χ1) is 11.8. The van der Waals surface area contributed by atoms with Crippen LogP contribution in [0.5, 0.6) is 0 Å². The summed E-state index contributed by atoms with van der Waals surface area (Å²) in [6.45, 7) is 0.921. The minimum atomic E-state index is -0.0731. The van der Waals surface area contributed by atoms with Crippen LogP contribution in [0.3, 0.4) is 0 Å². The molecule has 0 bridgehead atoms. The minimum Gasteiger partial charge on any atom is -0.325 e. The Morgan fingerprint density at radius 1 is 1.08 bits per heavy atom. The van der Waals surface area contributed by atoms with Crippen molar-refractivity contribution in [2.24, 2.45) is 0 Å². The highest BCUT2D eigenvalue weighted by Crippen LogP contribution is 2.20. The van der Waals surface area contributed by atoms with E-state index in [4.69, 9.17) is 0 Å². The molecular weight excluding hydrogens is 371 g/mol. The van der Waals surface area contributed by atoms with Crippen LogP contribution in [0.4, 0.5) is 5.69 Å². The van der Waals surface area contributed by atoms with Crippen LogP contribution in [0.2, 0.25) is 0 Å². The van der Waals surface area contributed by atoms with Crippen molar-refractivity contribution in [2.45, 2.75) is 25.3 Å². The van der Waals surface area contributed by atoms with Crippen LogP contribution in [0.1, 0.15) is 19.3 Å². The fraction of sp³-hybridized carbons (Fsp3) is 0.263. The molecule has 1 aliphatic rings. The SMILES string of the molecule is Cl.Cl.O=C(Nc1ccc(-n2cnc3ccccc32)cc1)C1CCCCN1. The van der Waals surface area contributed by atoms with E-state index in [1.165, 1.54) is 0 Å². The lowest BCUT2D eigenvalue weighted by atomic mass is 10.0. The molecule has 1 amide bonds. The number of hydrogen-bond acceptors (Lipinski definition) is 3. The molecule has 2 heterocycles. The molecule has 5 nitrogen and oxygen atoms in total. The Bertz CT molecular complexity index is 857. The third-order valence-electron chi connectivity index (χ3n) is 4.49. The number of carbonyl (C=O) groups excluding carboxylic acids is 1. The molecule has 1 aliphatic heterocycles. The number of fused-ring (bicyclic) bond motifs is 1. The van der Waals surface area contributed by atoms with Gasteiger partial charge in [0.05, 0.1) is 17.1 Å². The van der Waals surface area contributed by atoms with E-state index in [-0.39, 0.29) is 36.8 Å². The molecule has 7 heteroatoms. The number of carbonyl (C=O) groups is 1. The maximum absolute atomic E-state index is 12.3. The van der Waals surface area contributed by atoms with Gasteiger partial charge in [0.2, 0.25) is 5.91 Å². The zero-order valence-corrected chi connectivity index (χ0v) is 15.9. The average Bonchev–Trinajstić information content (AvgIpc) is 3.07. The van der Waals surface area contributed by atoms with Crippen LogP contribution in [-0.2, 0) is 4.79 Å². The molecule has 138 valence electrons. The van der Waals surface area contributed by atoms with Crippen LogP contribution in [-0.4, -0.2) is 28.0 Å². The van der Waals surface area contributed by atoms with Gasteiger partial charge in [0.15, 0.2) is 0 Å². The summed E-state index contributed by atoms with van der Waals surface area (Å²) < 4.78 is 2.05. The standard InChI is InChI=1S/C19H20N4O.2ClH/c24-19(17-6-3-4-12-20-17)22-14-8-10-15(11-9-14)23-13-21-16-5-1-2-7-18(16)23;;/h1-2,5,7-11,13,17,20H,3-4,6,12H2,(H,22,24);2*1H. The summed E-state index contributed by atoms with van der Waals surface area (Å²) in [5.41, 5.74) is 3.89. The van der Waals surface area contributed by atoms with Gasteiger partial charge in [0.25, 0.3) is 0 Å². The van der Waals surface area contributed by atoms with Crippen LogP contribution >= 0.6 is 24.8 Å². The molecule has 0 aliphatic carbocycles. The second kappa shape index (κ2) is 9.03. The second-order valence-corrected chi connectivity index (χ2v) is 6.14. The minimum absolute atomic E-state index is 0. The Morgan fingerprint density at radius 3 is 2.58 bits per heavy atom. The van der Waals surface area contributed by atoms with E-state index in [2.05, 4.69) is 15.6 Å². The number of halogens is 2. The highest BCUT2D eigenvalue weighted by atomic mass is 35.5. The van der Waals surface area contributed by atoms with Gasteiger partial charge in [-0.3, -0.25) is 9.36 Å². The molecule has 0 radical (unpaired) electrons. The fourth-order valence-electron chi connectivity index (χ4n) is 3.18. The van der Waals surface area contributed by atoms with Crippen molar-refractivity contribution >= 4 is 47.4 Å². The summed E-state index contributed by atoms with van der Waals surface area (Å²) in [6.07, 6.45) is 4.99. The second-order valence-electron chi connectivity index (χ2n) is 6.14. The van der Waals surface area contributed by atoms with Crippen molar-refractivity contribution in [3.63, 3.8) is 0 Å². The summed E-state index contributed by atoms with van der Waals surface area (Å²) in [7, 11) is 0. The van der Waals surface area contributed by atoms with Crippen molar-refractivity contribution in [1.29, 1.82) is 0 Å². The fourth-order valence-corrected chi connectivity index (χ4v) is 3.18. The molecule has 26 heavy (non-hydrogen) atoms. The number of hydrogen-bond donors (Lipinski definition) is 2. The van der Waals surface area contributed by atoms with E-state index >= 15 is 0 Å². The number of nitrogens with one attached hydrogen (secondary N) is 2. The Morgan fingerprint density at radius 2 is 1.85 bits per heavy atom. The monoisotopic (exact) mass is 392 g/mol. The summed E-state index contributed by atoms with van der Waals surface area (Å²) in [5.74, 6) is 0.0514. The van der Waals surface area contributed by atoms with E-state index in [9.17, 15) is 4.79 Å². The number of para-hydroxylation sites is 2. The van der Waals surface area contributed by atoms with E-state index in [1.807, 2.05) is 59.4 Å². The number of piperidine rings is 1. The maximum Gasteiger partial charge on any atom is 0.241 e. The van der Waals surface area contributed by atoms with E-state index in [0.717, 1.165) is 48.2 Å². The van der Waals surface area contributed by atoms with Gasteiger partial charge >= 0.3 is 0 Å². The number of aromatic nitrogens is 2. The molecule has 4 rings (SSSR count). The lowest BCUT2D eigenvalue weighted by Crippen LogP contribution is -2.43. The van der Waals surface area contributed by atoms with E-state index < -0.39 is 0 Å². The number of nitrogens with zero attached hydrogens (tertiary/aromatic N) is 2. The first kappa shape index (κ1) is 20.2. The normalized spacial score (nSPS) is 16.4. The number of rotatable bonds is 3. The molecule has 1 atom stereocenters. The lowest BCUT2D eigenvalue weighted by molar-refractivity contribution is -0.118. The highest BCUT2D eigenvalue weighted by Gasteiger charge is 2.20. The van der Waals surface area contributed by atoms with Crippen molar-refractivity contribution in [3.8, 4) is 5.69 Å². The van der Waals surface area contributed by atoms with Crippen LogP contribution in [0.25, 0.3) is 16.7 Å². The van der Waals surface area contributed by atoms with Gasteiger partial charge in [-0.25, -0.2) is 4.98 Å². The van der Waals surface area contributed by atoms with Gasteiger partial charge in [0, 0.05) is 11.4 Å². The van der Waals surface area contributed by atoms with E-state index in [0.29, 0.717) is 0 Å². The van der Waals surface area contributed by atoms with Crippen molar-refractivity contribution in [1.82, 2.24) is 14.9 Å². The molecule has 2 N–H and O–H groups in total. The van der Waals surface area contributed by atoms with Crippen LogP contribution < -0.4 is 10.6 Å². The smallest absolute Gasteiger partial charge is 0.241 e. The topological polar surface area (TPSA) is 59.0 Å². The predicted octanol–water partition coefficient (Wildman–Crippen LogP) is 3.95. The molecule has 0 spiro atoms. The summed E-state index contributed by atoms with van der Waals surface area (Å²) >= 11 is 0. The van der Waals surface area contributed by atoms with Crippen molar-refractivity contribution in [3.05, 3.63) is 54.9 Å². The molecule has 0 saturated carbocycles. The summed E-state index contributed by atoms with van der Waals surface area (Å²) in [5, 5.41) is 6.26. The van der Waals surface area contributed by atoms with Gasteiger partial charge in [-0.2, -0.15) is 0 Å². The van der Waals surface area contributed by atoms with Crippen molar-refractivity contribution < 1.29 is 4.79 Å². The number of imidazole rings is 1. The number of benzene rings is 2. The Labute approximate surface area is 165 Å². The average molecular weight is 393 g/mol. The lowest BCUT2D eigenvalue weighted by Gasteiger charge is -2.22. The molecule has 1 unspecified atom stereocenters. The zero-order valence-electron chi connectivity index (χ0n) is 14.2. The first-order valence-electron chi connectivity index (χ1n) is 8.38. The first-order valence-corrected chi connectivity index (χ1v) is 8.38. The maximum atomic E-state index is 12.3. The third kappa shape index (κ3) is 4.18. The van der Waals surface area contributed by atoms with Crippen molar-refractivity contribution in [2.75, 3.05) is 11.9 Å². The van der Waals surface area contributed by atoms with Crippen LogP contribution in [0.15, 0.2) is 54.9 Å². The number of amides is 1. The molecule has 3 aromatic rings. The van der Waals surface area contributed by atoms with Crippen LogP contribution in [0, 0.1) is 0 Å². The summed E-state index contributed by atoms with van der Waals surface area (Å²) in [6, 6.07) is 15.8. The van der Waals surface area contributed by atoms with Gasteiger partial charge < -0.3 is 10.6 Å². The van der Waals surface area contributed by atoms with Gasteiger partial charge in [-0.15, -0.1) is 24.8 Å². The molecule has 1 saturated heterocycles. The summed E-state index contributed by atoms with van der Waals surface area (Å²) in [4.78, 5) is 16.7. The highest BCUT2D eigenvalue weighted by molar-refractivity contribution is 5.95. The molecule has 2 aromatic carbocycles. The van der Waals surface area contributed by atoms with Gasteiger partial charge in [-0.1, -0.05) is 18.6 Å². The van der Waals surface area contributed by atoms with E-state index in [1.54, 1.807) is 0 Å². The molecule has 1 aromatic heterocycles. The quantitative estimate of drug-likeness (QED) is 0.709. The Hall–Kier alpha value is -2.08.